The van der Waals surface area contributed by atoms with Crippen LogP contribution >= 0.6 is 0 Å². The molecule has 0 bridgehead atoms. The fraction of sp³-hybridized carbons (Fsp3) is 0.682. The Morgan fingerprint density at radius 3 is 2.39 bits per heavy atom. The fourth-order valence-electron chi connectivity index (χ4n) is 4.05. The first-order valence-electron chi connectivity index (χ1n) is 10.7. The average molecular weight is 388 g/mol. The number of carbonyl (C=O) groups excluding carboxylic acids is 2. The number of nitrogens with one attached hydrogen (secondary N) is 2. The molecule has 2 N–H and O–H groups in total. The standard InChI is InChI=1S/C22H33N3O3/c1-4-22(5-2,21(27)23-3)25-19(26)18-13-12-17(16-8-6-7-9-16)20(24-18)28-14-15-10-11-15/h12-13,15-16H,4-11,14H2,1-3H3,(H,23,27)(H,25,26). The highest BCUT2D eigenvalue weighted by Gasteiger charge is 2.36. The van der Waals surface area contributed by atoms with Gasteiger partial charge in [-0.3, -0.25) is 9.59 Å². The summed E-state index contributed by atoms with van der Waals surface area (Å²) in [7, 11) is 1.59. The maximum absolute atomic E-state index is 12.9. The average Bonchev–Trinajstić information content (AvgIpc) is 3.40. The Labute approximate surface area is 167 Å². The normalized spacial score (nSPS) is 17.4. The molecular formula is C22H33N3O3. The molecule has 3 rings (SSSR count). The van der Waals surface area contributed by atoms with Crippen molar-refractivity contribution in [3.8, 4) is 5.88 Å². The van der Waals surface area contributed by atoms with Crippen molar-refractivity contribution < 1.29 is 14.3 Å². The van der Waals surface area contributed by atoms with Crippen molar-refractivity contribution in [1.82, 2.24) is 15.6 Å². The van der Waals surface area contributed by atoms with Gasteiger partial charge in [0, 0.05) is 12.6 Å². The zero-order valence-corrected chi connectivity index (χ0v) is 17.3. The molecule has 2 saturated carbocycles. The first-order chi connectivity index (χ1) is 13.5. The van der Waals surface area contributed by atoms with E-state index >= 15 is 0 Å². The van der Waals surface area contributed by atoms with Crippen molar-refractivity contribution in [3.05, 3.63) is 23.4 Å². The molecule has 0 aliphatic heterocycles. The van der Waals surface area contributed by atoms with Gasteiger partial charge in [0.05, 0.1) is 6.61 Å². The van der Waals surface area contributed by atoms with Crippen LogP contribution in [0.4, 0.5) is 0 Å². The van der Waals surface area contributed by atoms with E-state index in [9.17, 15) is 9.59 Å². The largest absolute Gasteiger partial charge is 0.477 e. The van der Waals surface area contributed by atoms with Crippen molar-refractivity contribution in [1.29, 1.82) is 0 Å². The smallest absolute Gasteiger partial charge is 0.270 e. The monoisotopic (exact) mass is 387 g/mol. The Bertz CT molecular complexity index is 705. The lowest BCUT2D eigenvalue weighted by Gasteiger charge is -2.30. The van der Waals surface area contributed by atoms with E-state index in [1.165, 1.54) is 25.7 Å². The Morgan fingerprint density at radius 1 is 1.14 bits per heavy atom. The predicted molar refractivity (Wildman–Crippen MR) is 109 cm³/mol. The highest BCUT2D eigenvalue weighted by atomic mass is 16.5. The summed E-state index contributed by atoms with van der Waals surface area (Å²) in [4.78, 5) is 29.9. The van der Waals surface area contributed by atoms with Crippen LogP contribution in [0.25, 0.3) is 0 Å². The van der Waals surface area contributed by atoms with Crippen molar-refractivity contribution >= 4 is 11.8 Å². The SMILES string of the molecule is CCC(CC)(NC(=O)c1ccc(C2CCCC2)c(OCC2CC2)n1)C(=O)NC. The van der Waals surface area contributed by atoms with Gasteiger partial charge in [0.1, 0.15) is 11.2 Å². The molecule has 1 heterocycles. The topological polar surface area (TPSA) is 80.3 Å². The summed E-state index contributed by atoms with van der Waals surface area (Å²) in [5, 5.41) is 5.58. The van der Waals surface area contributed by atoms with Gasteiger partial charge >= 0.3 is 0 Å². The lowest BCUT2D eigenvalue weighted by Crippen LogP contribution is -2.57. The number of nitrogens with zero attached hydrogens (tertiary/aromatic N) is 1. The second-order valence-electron chi connectivity index (χ2n) is 8.15. The van der Waals surface area contributed by atoms with Gasteiger partial charge in [0.15, 0.2) is 0 Å². The molecule has 28 heavy (non-hydrogen) atoms. The van der Waals surface area contributed by atoms with Gasteiger partial charge in [-0.25, -0.2) is 4.98 Å². The van der Waals surface area contributed by atoms with Crippen LogP contribution in [0.3, 0.4) is 0 Å². The van der Waals surface area contributed by atoms with Gasteiger partial charge in [-0.05, 0) is 56.4 Å². The summed E-state index contributed by atoms with van der Waals surface area (Å²) in [6.07, 6.45) is 8.21. The van der Waals surface area contributed by atoms with E-state index in [0.717, 1.165) is 18.4 Å². The fourth-order valence-corrected chi connectivity index (χ4v) is 4.05. The van der Waals surface area contributed by atoms with E-state index in [0.29, 0.717) is 42.9 Å². The Balaban J connectivity index is 1.82. The molecule has 0 aromatic carbocycles. The van der Waals surface area contributed by atoms with E-state index in [1.54, 1.807) is 13.1 Å². The van der Waals surface area contributed by atoms with Crippen LogP contribution in [0.15, 0.2) is 12.1 Å². The van der Waals surface area contributed by atoms with Gasteiger partial charge in [0.25, 0.3) is 5.91 Å². The Hall–Kier alpha value is -2.11. The van der Waals surface area contributed by atoms with E-state index in [1.807, 2.05) is 19.9 Å². The van der Waals surface area contributed by atoms with Crippen LogP contribution in [0.5, 0.6) is 5.88 Å². The molecule has 2 amide bonds. The summed E-state index contributed by atoms with van der Waals surface area (Å²) < 4.78 is 6.05. The molecule has 6 heteroatoms. The molecule has 2 fully saturated rings. The molecule has 2 aliphatic rings. The summed E-state index contributed by atoms with van der Waals surface area (Å²) >= 11 is 0. The molecular weight excluding hydrogens is 354 g/mol. The van der Waals surface area contributed by atoms with E-state index in [4.69, 9.17) is 4.74 Å². The van der Waals surface area contributed by atoms with E-state index < -0.39 is 5.54 Å². The predicted octanol–water partition coefficient (Wildman–Crippen LogP) is 3.56. The summed E-state index contributed by atoms with van der Waals surface area (Å²) in [5.41, 5.74) is 0.508. The third-order valence-electron chi connectivity index (χ3n) is 6.29. The quantitative estimate of drug-likeness (QED) is 0.679. The highest BCUT2D eigenvalue weighted by Crippen LogP contribution is 2.39. The number of carbonyl (C=O) groups is 2. The minimum Gasteiger partial charge on any atom is -0.477 e. The van der Waals surface area contributed by atoms with Crippen LogP contribution in [-0.2, 0) is 4.79 Å². The first kappa shape index (κ1) is 20.6. The number of hydrogen-bond donors (Lipinski definition) is 2. The second kappa shape index (κ2) is 8.93. The van der Waals surface area contributed by atoms with Gasteiger partial charge < -0.3 is 15.4 Å². The first-order valence-corrected chi connectivity index (χ1v) is 10.7. The number of hydrogen-bond acceptors (Lipinski definition) is 4. The zero-order valence-electron chi connectivity index (χ0n) is 17.3. The van der Waals surface area contributed by atoms with Gasteiger partial charge in [-0.2, -0.15) is 0 Å². The molecule has 0 radical (unpaired) electrons. The molecule has 154 valence electrons. The van der Waals surface area contributed by atoms with Crippen LogP contribution in [0.2, 0.25) is 0 Å². The van der Waals surface area contributed by atoms with E-state index in [2.05, 4.69) is 15.6 Å². The lowest BCUT2D eigenvalue weighted by molar-refractivity contribution is -0.127. The van der Waals surface area contributed by atoms with Crippen molar-refractivity contribution in [2.75, 3.05) is 13.7 Å². The zero-order chi connectivity index (χ0) is 20.1. The molecule has 6 nitrogen and oxygen atoms in total. The van der Waals surface area contributed by atoms with Crippen LogP contribution in [0, 0.1) is 5.92 Å². The minimum atomic E-state index is -0.924. The third-order valence-corrected chi connectivity index (χ3v) is 6.29. The van der Waals surface area contributed by atoms with Gasteiger partial charge in [-0.1, -0.05) is 32.8 Å². The van der Waals surface area contributed by atoms with E-state index in [-0.39, 0.29) is 11.8 Å². The summed E-state index contributed by atoms with van der Waals surface area (Å²) in [5.74, 6) is 1.18. The minimum absolute atomic E-state index is 0.182. The van der Waals surface area contributed by atoms with Crippen molar-refractivity contribution in [3.63, 3.8) is 0 Å². The number of ether oxygens (including phenoxy) is 1. The van der Waals surface area contributed by atoms with Crippen LogP contribution in [0.1, 0.15) is 87.2 Å². The molecule has 1 aromatic heterocycles. The number of aromatic nitrogens is 1. The lowest BCUT2D eigenvalue weighted by atomic mass is 9.91. The Kier molecular flexibility index (Phi) is 6.57. The molecule has 1 aromatic rings. The molecule has 0 spiro atoms. The van der Waals surface area contributed by atoms with Crippen LogP contribution in [-0.4, -0.2) is 36.0 Å². The molecule has 2 aliphatic carbocycles. The molecule has 0 atom stereocenters. The molecule has 0 unspecified atom stereocenters. The maximum Gasteiger partial charge on any atom is 0.270 e. The number of amides is 2. The Morgan fingerprint density at radius 2 is 1.82 bits per heavy atom. The highest BCUT2D eigenvalue weighted by molar-refractivity contribution is 5.98. The van der Waals surface area contributed by atoms with Gasteiger partial charge in [-0.15, -0.1) is 0 Å². The third kappa shape index (κ3) is 4.47. The van der Waals surface area contributed by atoms with Gasteiger partial charge in [0.2, 0.25) is 11.8 Å². The molecule has 0 saturated heterocycles. The van der Waals surface area contributed by atoms with Crippen molar-refractivity contribution in [2.24, 2.45) is 5.92 Å². The second-order valence-corrected chi connectivity index (χ2v) is 8.15. The van der Waals surface area contributed by atoms with Crippen LogP contribution < -0.4 is 15.4 Å². The number of pyridine rings is 1. The number of likely N-dealkylation sites (N-methyl/N-ethyl adjacent to an activating group) is 1. The maximum atomic E-state index is 12.9. The van der Waals surface area contributed by atoms with Crippen molar-refractivity contribution in [2.45, 2.75) is 76.7 Å². The summed E-state index contributed by atoms with van der Waals surface area (Å²) in [6, 6.07) is 3.77. The number of rotatable bonds is 9. The summed E-state index contributed by atoms with van der Waals surface area (Å²) in [6.45, 7) is 4.48.